The molecule has 0 saturated heterocycles. The number of aromatic nitrogens is 4. The van der Waals surface area contributed by atoms with Gasteiger partial charge in [-0.3, -0.25) is 0 Å². The summed E-state index contributed by atoms with van der Waals surface area (Å²) < 4.78 is 2.24. The number of halogens is 1. The van der Waals surface area contributed by atoms with Crippen LogP contribution in [0.25, 0.3) is 0 Å². The Hall–Kier alpha value is -0.460. The molecule has 0 radical (unpaired) electrons. The van der Waals surface area contributed by atoms with Gasteiger partial charge in [-0.2, -0.15) is 5.21 Å². The van der Waals surface area contributed by atoms with E-state index in [1.54, 1.807) is 4.68 Å². The van der Waals surface area contributed by atoms with Gasteiger partial charge in [-0.05, 0) is 26.3 Å². The van der Waals surface area contributed by atoms with Crippen molar-refractivity contribution in [1.82, 2.24) is 25.1 Å². The summed E-state index contributed by atoms with van der Waals surface area (Å²) >= 11 is 4.88. The van der Waals surface area contributed by atoms with E-state index in [0.29, 0.717) is 4.77 Å². The maximum atomic E-state index is 4.88. The molecule has 1 aromatic rings. The van der Waals surface area contributed by atoms with E-state index in [9.17, 15) is 0 Å². The molecule has 0 bridgehead atoms. The first-order valence-corrected chi connectivity index (χ1v) is 3.73. The third kappa shape index (κ3) is 3.29. The van der Waals surface area contributed by atoms with Crippen LogP contribution in [0, 0.1) is 4.77 Å². The molecule has 0 fully saturated rings. The van der Waals surface area contributed by atoms with Gasteiger partial charge in [0.2, 0.25) is 4.77 Å². The molecule has 1 aromatic heterocycles. The second-order valence-corrected chi connectivity index (χ2v) is 2.90. The summed E-state index contributed by atoms with van der Waals surface area (Å²) in [5, 5.41) is 9.90. The van der Waals surface area contributed by atoms with Gasteiger partial charge in [-0.15, -0.1) is 12.4 Å². The smallest absolute Gasteiger partial charge is 0.238 e. The van der Waals surface area contributed by atoms with Gasteiger partial charge in [-0.1, -0.05) is 10.3 Å². The molecule has 0 aliphatic rings. The molecule has 0 aromatic carbocycles. The molecule has 12 heavy (non-hydrogen) atoms. The van der Waals surface area contributed by atoms with Gasteiger partial charge in [0.25, 0.3) is 0 Å². The van der Waals surface area contributed by atoms with Crippen molar-refractivity contribution in [3.63, 3.8) is 0 Å². The molecule has 5 nitrogen and oxygen atoms in total. The second kappa shape index (κ2) is 5.23. The maximum absolute atomic E-state index is 4.88. The number of likely N-dealkylation sites (N-methyl/N-ethyl adjacent to an activating group) is 1. The van der Waals surface area contributed by atoms with E-state index in [1.165, 1.54) is 0 Å². The summed E-state index contributed by atoms with van der Waals surface area (Å²) in [6.45, 7) is 1.73. The van der Waals surface area contributed by atoms with Crippen molar-refractivity contribution in [1.29, 1.82) is 0 Å². The van der Waals surface area contributed by atoms with E-state index in [0.717, 1.165) is 13.1 Å². The van der Waals surface area contributed by atoms with Gasteiger partial charge in [0.05, 0.1) is 6.54 Å². The number of rotatable bonds is 3. The van der Waals surface area contributed by atoms with Crippen LogP contribution in [0.2, 0.25) is 0 Å². The summed E-state index contributed by atoms with van der Waals surface area (Å²) in [5.41, 5.74) is 0. The molecule has 0 amide bonds. The van der Waals surface area contributed by atoms with Crippen molar-refractivity contribution in [3.8, 4) is 0 Å². The predicted octanol–water partition coefficient (Wildman–Crippen LogP) is 0.319. The van der Waals surface area contributed by atoms with E-state index in [-0.39, 0.29) is 12.4 Å². The number of tetrazole rings is 1. The first-order chi connectivity index (χ1) is 5.20. The van der Waals surface area contributed by atoms with Crippen molar-refractivity contribution in [2.75, 3.05) is 20.6 Å². The zero-order chi connectivity index (χ0) is 8.27. The fraction of sp³-hybridized carbons (Fsp3) is 0.800. The molecular weight excluding hydrogens is 198 g/mol. The highest BCUT2D eigenvalue weighted by atomic mass is 35.5. The Morgan fingerprint density at radius 1 is 1.58 bits per heavy atom. The summed E-state index contributed by atoms with van der Waals surface area (Å²) in [7, 11) is 4.01. The number of nitrogens with zero attached hydrogens (tertiary/aromatic N) is 4. The fourth-order valence-corrected chi connectivity index (χ4v) is 0.834. The van der Waals surface area contributed by atoms with Crippen LogP contribution >= 0.6 is 24.6 Å². The van der Waals surface area contributed by atoms with Crippen LogP contribution in [-0.2, 0) is 6.54 Å². The van der Waals surface area contributed by atoms with Gasteiger partial charge >= 0.3 is 0 Å². The third-order valence-corrected chi connectivity index (χ3v) is 1.60. The largest absolute Gasteiger partial charge is 0.308 e. The topological polar surface area (TPSA) is 49.7 Å². The monoisotopic (exact) mass is 209 g/mol. The zero-order valence-corrected chi connectivity index (χ0v) is 8.65. The molecule has 0 unspecified atom stereocenters. The molecule has 70 valence electrons. The second-order valence-electron chi connectivity index (χ2n) is 2.54. The van der Waals surface area contributed by atoms with Crippen LogP contribution in [-0.4, -0.2) is 45.7 Å². The van der Waals surface area contributed by atoms with Crippen LogP contribution in [0.4, 0.5) is 0 Å². The zero-order valence-electron chi connectivity index (χ0n) is 7.02. The first-order valence-electron chi connectivity index (χ1n) is 3.33. The number of H-pyrrole nitrogens is 1. The van der Waals surface area contributed by atoms with Gasteiger partial charge in [0, 0.05) is 6.54 Å². The minimum Gasteiger partial charge on any atom is -0.308 e. The number of hydrogen-bond acceptors (Lipinski definition) is 4. The molecule has 0 aliphatic carbocycles. The number of aromatic amines is 1. The van der Waals surface area contributed by atoms with Crippen LogP contribution in [0.1, 0.15) is 0 Å². The number of nitrogens with one attached hydrogen (secondary N) is 1. The Labute approximate surface area is 82.1 Å². The third-order valence-electron chi connectivity index (χ3n) is 1.30. The van der Waals surface area contributed by atoms with E-state index in [4.69, 9.17) is 12.2 Å². The Balaban J connectivity index is 0.00000121. The minimum absolute atomic E-state index is 0. The van der Waals surface area contributed by atoms with Gasteiger partial charge in [-0.25, -0.2) is 4.68 Å². The van der Waals surface area contributed by atoms with E-state index >= 15 is 0 Å². The molecular formula is C5H12ClN5S. The van der Waals surface area contributed by atoms with Crippen LogP contribution in [0.15, 0.2) is 0 Å². The Morgan fingerprint density at radius 2 is 2.25 bits per heavy atom. The van der Waals surface area contributed by atoms with Crippen molar-refractivity contribution < 1.29 is 0 Å². The van der Waals surface area contributed by atoms with Crippen molar-refractivity contribution >= 4 is 24.6 Å². The van der Waals surface area contributed by atoms with Crippen LogP contribution < -0.4 is 0 Å². The minimum atomic E-state index is 0. The Morgan fingerprint density at radius 3 is 2.67 bits per heavy atom. The SMILES string of the molecule is CN(C)CCn1[nH]nnc1=S.Cl. The fourth-order valence-electron chi connectivity index (χ4n) is 0.662. The standard InChI is InChI=1S/C5H11N5S.ClH/c1-9(2)3-4-10-5(11)6-7-8-10;/h3-4H2,1-2H3,(H,6,8,11);1H. The normalized spacial score (nSPS) is 9.92. The lowest BCUT2D eigenvalue weighted by atomic mass is 10.6. The Bertz CT molecular complexity index is 267. The predicted molar refractivity (Wildman–Crippen MR) is 51.0 cm³/mol. The van der Waals surface area contributed by atoms with Gasteiger partial charge in [0.1, 0.15) is 0 Å². The molecule has 0 aliphatic heterocycles. The quantitative estimate of drug-likeness (QED) is 0.729. The highest BCUT2D eigenvalue weighted by Gasteiger charge is 1.94. The van der Waals surface area contributed by atoms with E-state index < -0.39 is 0 Å². The molecule has 7 heteroatoms. The molecule has 0 spiro atoms. The molecule has 0 atom stereocenters. The molecule has 0 saturated carbocycles. The number of hydrogen-bond donors (Lipinski definition) is 1. The highest BCUT2D eigenvalue weighted by Crippen LogP contribution is 1.84. The van der Waals surface area contributed by atoms with Crippen LogP contribution in [0.5, 0.6) is 0 Å². The van der Waals surface area contributed by atoms with E-state index in [1.807, 2.05) is 14.1 Å². The molecule has 1 rings (SSSR count). The highest BCUT2D eigenvalue weighted by molar-refractivity contribution is 7.71. The lowest BCUT2D eigenvalue weighted by Crippen LogP contribution is -2.19. The summed E-state index contributed by atoms with van der Waals surface area (Å²) in [6, 6.07) is 0. The lowest BCUT2D eigenvalue weighted by molar-refractivity contribution is 0.369. The van der Waals surface area contributed by atoms with Crippen molar-refractivity contribution in [2.45, 2.75) is 6.54 Å². The maximum Gasteiger partial charge on any atom is 0.238 e. The summed E-state index contributed by atoms with van der Waals surface area (Å²) in [5.74, 6) is 0. The van der Waals surface area contributed by atoms with Crippen LogP contribution in [0.3, 0.4) is 0 Å². The van der Waals surface area contributed by atoms with Crippen molar-refractivity contribution in [3.05, 3.63) is 4.77 Å². The first kappa shape index (κ1) is 11.5. The van der Waals surface area contributed by atoms with Crippen molar-refractivity contribution in [2.24, 2.45) is 0 Å². The lowest BCUT2D eigenvalue weighted by Gasteiger charge is -2.07. The summed E-state index contributed by atoms with van der Waals surface area (Å²) in [6.07, 6.45) is 0. The van der Waals surface area contributed by atoms with Gasteiger partial charge < -0.3 is 4.90 Å². The Kier molecular flexibility index (Phi) is 5.03. The molecule has 1 N–H and O–H groups in total. The van der Waals surface area contributed by atoms with Gasteiger partial charge in [0.15, 0.2) is 0 Å². The average Bonchev–Trinajstić information content (AvgIpc) is 2.31. The summed E-state index contributed by atoms with van der Waals surface area (Å²) in [4.78, 5) is 2.07. The average molecular weight is 210 g/mol. The van der Waals surface area contributed by atoms with E-state index in [2.05, 4.69) is 20.4 Å². The molecule has 1 heterocycles.